The van der Waals surface area contributed by atoms with Crippen molar-refractivity contribution in [3.8, 4) is 0 Å². The number of nitrogens with zero attached hydrogens (tertiary/aromatic N) is 6. The number of imidazole rings is 1. The Morgan fingerprint density at radius 3 is 2.38 bits per heavy atom. The number of aromatic nitrogens is 6. The van der Waals surface area contributed by atoms with Crippen molar-refractivity contribution in [1.29, 1.82) is 0 Å². The van der Waals surface area contributed by atoms with Crippen molar-refractivity contribution >= 4 is 22.8 Å². The van der Waals surface area contributed by atoms with Crippen molar-refractivity contribution in [2.75, 3.05) is 11.9 Å². The number of amides is 1. The number of aryl methyl sites for hydroxylation is 3. The average molecular weight is 590 g/mol. The number of halogens is 2. The van der Waals surface area contributed by atoms with Crippen molar-refractivity contribution in [3.63, 3.8) is 0 Å². The molecule has 0 bridgehead atoms. The van der Waals surface area contributed by atoms with Crippen molar-refractivity contribution in [1.82, 2.24) is 28.5 Å². The molecule has 3 aromatic heterocycles. The van der Waals surface area contributed by atoms with E-state index in [-0.39, 0.29) is 28.7 Å². The minimum absolute atomic E-state index is 0.0421. The molecule has 4 aromatic rings. The number of aliphatic hydroxyl groups excluding tert-OH is 2. The van der Waals surface area contributed by atoms with Gasteiger partial charge in [-0.2, -0.15) is 5.10 Å². The van der Waals surface area contributed by atoms with E-state index in [1.165, 1.54) is 47.5 Å². The van der Waals surface area contributed by atoms with Crippen molar-refractivity contribution in [2.45, 2.75) is 52.7 Å². The van der Waals surface area contributed by atoms with Gasteiger partial charge in [-0.3, -0.25) is 23.4 Å². The molecule has 3 N–H and O–H groups in total. The summed E-state index contributed by atoms with van der Waals surface area (Å²) in [7, 11) is 4.41. The van der Waals surface area contributed by atoms with Crippen LogP contribution >= 0.6 is 0 Å². The molecule has 3 heterocycles. The first-order valence-corrected chi connectivity index (χ1v) is 13.2. The van der Waals surface area contributed by atoms with Gasteiger partial charge in [-0.15, -0.1) is 0 Å². The van der Waals surface area contributed by atoms with Crippen LogP contribution in [0.15, 0.2) is 46.4 Å². The second kappa shape index (κ2) is 13.2. The van der Waals surface area contributed by atoms with Crippen LogP contribution in [0.5, 0.6) is 0 Å². The molecule has 228 valence electrons. The summed E-state index contributed by atoms with van der Waals surface area (Å²) in [6.07, 6.45) is 0.662. The van der Waals surface area contributed by atoms with Crippen LogP contribution in [0.25, 0.3) is 11.2 Å². The van der Waals surface area contributed by atoms with Gasteiger partial charge in [0, 0.05) is 33.0 Å². The third-order valence-electron chi connectivity index (χ3n) is 6.55. The number of alkyl halides is 2. The number of para-hydroxylation sites is 1. The van der Waals surface area contributed by atoms with Crippen LogP contribution in [0.2, 0.25) is 0 Å². The lowest BCUT2D eigenvalue weighted by molar-refractivity contribution is 0.0820. The van der Waals surface area contributed by atoms with Crippen molar-refractivity contribution in [2.24, 2.45) is 26.6 Å². The summed E-state index contributed by atoms with van der Waals surface area (Å²) >= 11 is 0. The van der Waals surface area contributed by atoms with Crippen LogP contribution < -0.4 is 16.6 Å². The highest BCUT2D eigenvalue weighted by atomic mass is 19.3. The zero-order valence-electron chi connectivity index (χ0n) is 24.5. The first-order chi connectivity index (χ1) is 19.6. The maximum atomic E-state index is 13.0. The molecule has 0 saturated heterocycles. The number of aliphatic hydroxyl groups is 2. The highest BCUT2D eigenvalue weighted by molar-refractivity contribution is 6.05. The van der Waals surface area contributed by atoms with Gasteiger partial charge in [-0.1, -0.05) is 39.0 Å². The summed E-state index contributed by atoms with van der Waals surface area (Å²) in [4.78, 5) is 40.1. The second-order valence-corrected chi connectivity index (χ2v) is 11.2. The quantitative estimate of drug-likeness (QED) is 0.286. The average Bonchev–Trinajstić information content (AvgIpc) is 3.54. The fraction of sp³-hybridized carbons (Fsp3) is 0.464. The predicted octanol–water partition coefficient (Wildman–Crippen LogP) is 2.38. The Kier molecular flexibility index (Phi) is 10.2. The number of carbonyl (C=O) groups excluding carboxylic acids is 1. The molecule has 1 unspecified atom stereocenters. The maximum absolute atomic E-state index is 13.0. The Balaban J connectivity index is 0.000000240. The monoisotopic (exact) mass is 589 g/mol. The molecule has 0 saturated carbocycles. The minimum Gasteiger partial charge on any atom is -0.394 e. The van der Waals surface area contributed by atoms with Gasteiger partial charge in [0.2, 0.25) is 0 Å². The summed E-state index contributed by atoms with van der Waals surface area (Å²) in [5.74, 6) is -0.568. The number of hydrogen-bond acceptors (Lipinski definition) is 7. The summed E-state index contributed by atoms with van der Waals surface area (Å²) in [6, 6.07) is 7.45. The second-order valence-electron chi connectivity index (χ2n) is 11.2. The van der Waals surface area contributed by atoms with Crippen LogP contribution in [0, 0.1) is 5.41 Å². The molecule has 42 heavy (non-hydrogen) atoms. The van der Waals surface area contributed by atoms with Gasteiger partial charge in [0.1, 0.15) is 5.69 Å². The minimum atomic E-state index is -2.79. The third kappa shape index (κ3) is 7.56. The topological polar surface area (TPSA) is 149 Å². The maximum Gasteiger partial charge on any atom is 0.332 e. The molecule has 0 aliphatic heterocycles. The highest BCUT2D eigenvalue weighted by Crippen LogP contribution is 2.26. The lowest BCUT2D eigenvalue weighted by Crippen LogP contribution is -2.38. The van der Waals surface area contributed by atoms with Crippen LogP contribution in [0.3, 0.4) is 0 Å². The number of hydrogen-bond donors (Lipinski definition) is 3. The third-order valence-corrected chi connectivity index (χ3v) is 6.55. The Labute approximate surface area is 240 Å². The molecule has 12 nitrogen and oxygen atoms in total. The van der Waals surface area contributed by atoms with Crippen molar-refractivity contribution < 1.29 is 23.8 Å². The molecular formula is C28H37F2N7O5. The summed E-state index contributed by atoms with van der Waals surface area (Å²) in [5, 5.41) is 24.6. The normalized spacial score (nSPS) is 12.4. The van der Waals surface area contributed by atoms with Crippen molar-refractivity contribution in [3.05, 3.63) is 74.4 Å². The fourth-order valence-electron chi connectivity index (χ4n) is 4.22. The number of anilines is 1. The van der Waals surface area contributed by atoms with Crippen LogP contribution in [0.1, 0.15) is 55.2 Å². The zero-order valence-corrected chi connectivity index (χ0v) is 24.5. The largest absolute Gasteiger partial charge is 0.394 e. The summed E-state index contributed by atoms with van der Waals surface area (Å²) in [5.41, 5.74) is 0.763. The lowest BCUT2D eigenvalue weighted by atomic mass is 9.88. The van der Waals surface area contributed by atoms with Gasteiger partial charge in [0.05, 0.1) is 31.1 Å². The van der Waals surface area contributed by atoms with Gasteiger partial charge < -0.3 is 20.1 Å². The Morgan fingerprint density at radius 2 is 1.76 bits per heavy atom. The molecule has 0 fully saturated rings. The molecule has 0 aliphatic carbocycles. The first kappa shape index (κ1) is 32.3. The molecule has 14 heteroatoms. The van der Waals surface area contributed by atoms with Gasteiger partial charge in [0.15, 0.2) is 11.2 Å². The Bertz CT molecular complexity index is 1660. The molecule has 0 radical (unpaired) electrons. The number of carbonyl (C=O) groups is 1. The van der Waals surface area contributed by atoms with Crippen LogP contribution in [-0.2, 0) is 34.1 Å². The van der Waals surface area contributed by atoms with E-state index in [0.717, 1.165) is 23.0 Å². The van der Waals surface area contributed by atoms with Gasteiger partial charge in [-0.25, -0.2) is 18.6 Å². The molecule has 4 rings (SSSR count). The molecule has 1 amide bonds. The lowest BCUT2D eigenvalue weighted by Gasteiger charge is -2.19. The molecule has 0 aliphatic rings. The Hall–Kier alpha value is -4.17. The van der Waals surface area contributed by atoms with Crippen LogP contribution in [-0.4, -0.2) is 57.3 Å². The number of rotatable bonds is 8. The molecule has 1 aromatic carbocycles. The van der Waals surface area contributed by atoms with E-state index in [0.29, 0.717) is 5.69 Å². The fourth-order valence-corrected chi connectivity index (χ4v) is 4.22. The standard InChI is InChI=1S/C18H23F2N3O.C10H14N4O4/c1-18(2,3)10-9-12-7-5-6-8-14(12)21-17(24)13-11-23(4)22-15(13)16(19)20;1-12-8-7(9(17)13(2)10(12)18)14(5-11-8)3-6(16)4-15/h5-8,11,16H,9-10H2,1-4H3,(H,21,24);5-6,15-16H,3-4H2,1-2H3. The van der Waals surface area contributed by atoms with E-state index in [1.807, 2.05) is 18.2 Å². The number of nitrogens with one attached hydrogen (secondary N) is 1. The predicted molar refractivity (Wildman–Crippen MR) is 154 cm³/mol. The van der Waals surface area contributed by atoms with E-state index in [1.54, 1.807) is 6.07 Å². The van der Waals surface area contributed by atoms with E-state index in [9.17, 15) is 28.3 Å². The van der Waals surface area contributed by atoms with Crippen LogP contribution in [0.4, 0.5) is 14.5 Å². The molecular weight excluding hydrogens is 552 g/mol. The van der Waals surface area contributed by atoms with E-state index in [4.69, 9.17) is 5.11 Å². The van der Waals surface area contributed by atoms with Gasteiger partial charge in [-0.05, 0) is 29.9 Å². The van der Waals surface area contributed by atoms with Gasteiger partial charge >= 0.3 is 5.69 Å². The van der Waals surface area contributed by atoms with E-state index >= 15 is 0 Å². The smallest absolute Gasteiger partial charge is 0.332 e. The highest BCUT2D eigenvalue weighted by Gasteiger charge is 2.23. The summed E-state index contributed by atoms with van der Waals surface area (Å²) < 4.78 is 30.9. The van der Waals surface area contributed by atoms with E-state index in [2.05, 4.69) is 36.2 Å². The zero-order chi connectivity index (χ0) is 31.4. The van der Waals surface area contributed by atoms with E-state index < -0.39 is 42.0 Å². The Morgan fingerprint density at radius 1 is 1.10 bits per heavy atom. The number of fused-ring (bicyclic) bond motifs is 1. The summed E-state index contributed by atoms with van der Waals surface area (Å²) in [6.45, 7) is 6.09. The molecule has 1 atom stereocenters. The SMILES string of the molecule is Cn1c(=O)c2c(ncn2CC(O)CO)n(C)c1=O.Cn1cc(C(=O)Nc2ccccc2CCC(C)(C)C)c(C(F)F)n1. The first-order valence-electron chi connectivity index (χ1n) is 13.2. The molecule has 0 spiro atoms. The van der Waals surface area contributed by atoms with Gasteiger partial charge in [0.25, 0.3) is 17.9 Å². The number of benzene rings is 1.